The van der Waals surface area contributed by atoms with E-state index in [1.807, 2.05) is 13.8 Å². The SMILES string of the molecule is CC(C)[C@H](N)C(=O)OCc1ccc(F)cn1.CC(C)[C@H](NC(=O)OC(C)(C)C)C(=O)O.CC(C)[C@H](NC(=O)OC(C)(C)C)C(=O)OCc1ccc(F)cn1.Cc1c(C(=O)N[C@H](C(=O)OCc2ccc(F)cn2)C(C)C)ccc2c1B(O)OC2.Cc1c(C(=O)O)ccc2c1B(O)OC2.Cl.Cl.Cl.O=C(O)c1ccc(F)cn1.OCc1ccc(F)cn1.[AlH3].[H-].[Li+]. The van der Waals surface area contributed by atoms with Crippen molar-refractivity contribution in [2.45, 2.75) is 186 Å². The number of aliphatic carboxylic acids is 1. The summed E-state index contributed by atoms with van der Waals surface area (Å²) in [7, 11) is -2.05. The van der Waals surface area contributed by atoms with E-state index in [2.05, 4.69) is 40.9 Å². The molecule has 43 heteroatoms. The predicted octanol–water partition coefficient (Wildman–Crippen LogP) is 5.67. The molecule has 0 saturated heterocycles. The quantitative estimate of drug-likeness (QED) is 0.0179. The molecule has 121 heavy (non-hydrogen) atoms. The van der Waals surface area contributed by atoms with Crippen LogP contribution >= 0.6 is 37.2 Å². The molecule has 7 heterocycles. The number of aromatic carboxylic acids is 2. The Morgan fingerprint density at radius 2 is 0.793 bits per heavy atom. The third-order valence-corrected chi connectivity index (χ3v) is 15.7. The number of rotatable bonds is 21. The molecule has 0 spiro atoms. The van der Waals surface area contributed by atoms with E-state index in [1.54, 1.807) is 115 Å². The van der Waals surface area contributed by atoms with Crippen LogP contribution in [0.1, 0.15) is 175 Å². The molecule has 9 rings (SSSR count). The van der Waals surface area contributed by atoms with Crippen LogP contribution < -0.4 is 51.5 Å². The average Bonchev–Trinajstić information content (AvgIpc) is 1.64. The number of nitrogens with one attached hydrogen (secondary N) is 3. The molecule has 11 N–H and O–H groups in total. The number of aromatic nitrogens is 5. The van der Waals surface area contributed by atoms with Crippen LogP contribution in [0, 0.1) is 66.6 Å². The molecule has 660 valence electrons. The number of ether oxygens (including phenoxy) is 5. The largest absolute Gasteiger partial charge is 1.00 e. The second-order valence-corrected chi connectivity index (χ2v) is 28.8. The molecule has 0 fully saturated rings. The van der Waals surface area contributed by atoms with Gasteiger partial charge in [0.25, 0.3) is 5.91 Å². The van der Waals surface area contributed by atoms with Gasteiger partial charge in [0.2, 0.25) is 0 Å². The second-order valence-electron chi connectivity index (χ2n) is 28.8. The first-order valence-electron chi connectivity index (χ1n) is 35.9. The van der Waals surface area contributed by atoms with Gasteiger partial charge in [0.05, 0.1) is 79.1 Å². The number of fused-ring (bicyclic) bond motifs is 2. The van der Waals surface area contributed by atoms with E-state index >= 15 is 0 Å². The first-order chi connectivity index (χ1) is 54.1. The maximum atomic E-state index is 12.9. The molecule has 2 aliphatic heterocycles. The normalized spacial score (nSPS) is 12.2. The van der Waals surface area contributed by atoms with Gasteiger partial charge in [-0.2, -0.15) is 0 Å². The van der Waals surface area contributed by atoms with E-state index < -0.39 is 127 Å². The van der Waals surface area contributed by atoms with Gasteiger partial charge in [-0.3, -0.25) is 29.5 Å². The van der Waals surface area contributed by atoms with Crippen molar-refractivity contribution >= 4 is 134 Å². The molecule has 0 bridgehead atoms. The van der Waals surface area contributed by atoms with Gasteiger partial charge in [0.1, 0.15) is 90.0 Å². The summed E-state index contributed by atoms with van der Waals surface area (Å²) in [5.74, 6) is -8.18. The van der Waals surface area contributed by atoms with Crippen LogP contribution in [-0.2, 0) is 91.8 Å². The van der Waals surface area contributed by atoms with E-state index in [1.165, 1.54) is 54.6 Å². The van der Waals surface area contributed by atoms with Gasteiger partial charge in [0.15, 0.2) is 17.4 Å². The second kappa shape index (κ2) is 56.3. The number of carboxylic acid groups (broad SMARTS) is 3. The molecule has 7 aromatic rings. The summed E-state index contributed by atoms with van der Waals surface area (Å²) in [6.45, 7) is 28.3. The molecular formula is C78H105AlB2Cl3F5LiN9O22. The van der Waals surface area contributed by atoms with Crippen LogP contribution in [0.3, 0.4) is 0 Å². The van der Waals surface area contributed by atoms with Gasteiger partial charge in [-0.25, -0.2) is 60.5 Å². The number of nitrogens with zero attached hydrogens (tertiary/aromatic N) is 5. The molecule has 3 amide bonds. The Bertz CT molecular complexity index is 4420. The predicted molar refractivity (Wildman–Crippen MR) is 443 cm³/mol. The van der Waals surface area contributed by atoms with Crippen molar-refractivity contribution < 1.29 is 149 Å². The number of alkyl carbamates (subject to hydrolysis) is 2. The molecule has 0 saturated carbocycles. The Labute approximate surface area is 741 Å². The Balaban J connectivity index is -0.000000682. The Morgan fingerprint density at radius 3 is 1.09 bits per heavy atom. The number of halogens is 8. The Morgan fingerprint density at radius 1 is 0.471 bits per heavy atom. The number of hydrogen-bond donors (Lipinski definition) is 10. The van der Waals surface area contributed by atoms with Gasteiger partial charge in [-0.1, -0.05) is 67.5 Å². The zero-order valence-corrected chi connectivity index (χ0v) is 71.6. The molecular weight excluding hydrogens is 1670 g/mol. The topological polar surface area (TPSA) is 466 Å². The summed E-state index contributed by atoms with van der Waals surface area (Å²) in [4.78, 5) is 122. The number of aliphatic hydroxyl groups is 1. The van der Waals surface area contributed by atoms with Crippen LogP contribution in [0.2, 0.25) is 0 Å². The van der Waals surface area contributed by atoms with Crippen molar-refractivity contribution in [3.63, 3.8) is 0 Å². The number of amides is 3. The number of pyridine rings is 5. The molecule has 0 aliphatic carbocycles. The van der Waals surface area contributed by atoms with Crippen LogP contribution in [-0.4, -0.2) is 176 Å². The standard InChI is InChI=1S/C20H22BFN2O5.C16H23FN2O4.C11H15FN2O2.C10H19NO4.C9H9BO4.C6H4FNO2.C6H6FNO.Al.3ClH.Li.4H/c1-11(2)18(20(26)28-10-15-6-5-14(22)8-23-15)24-19(25)16-7-4-13-9-29-21(27)17(13)12(16)3;1-10(2)13(19-15(21)23-16(3,4)5)14(20)22-9-12-7-6-11(17)8-18-12;1-7(2)10(13)11(15)16-6-9-4-3-8(12)5-14-9;1-6(2)7(8(12)13)11-9(14)15-10(3,4)5;1-5-7(9(11)12)3-2-6-4-14-10(13)8(5)6;7-4-1-2-5(6(9)10)8-3-4;7-5-1-2-6(4-9)8-3-5;;;;;;;;;/h4-8,11,18,27H,9-10H2,1-3H3,(H,24,25);6-8,10,13H,9H2,1-5H3,(H,19,21);3-5,7,10H,6,13H2,1-2H3;6-7H,1-5H3,(H,11,14)(H,12,13);2-3,13H,4H2,1H3,(H,11,12);1-3H,(H,9,10);1-3,9H,4H2;;3*1H;;;;;/q;;;;;;;;;;;+1;;;;-1/t18-;13-;10-;7-;;;;;;;;;;;;/m0000............/s1. The van der Waals surface area contributed by atoms with Gasteiger partial charge < -0.3 is 86.6 Å². The minimum atomic E-state index is -1.15. The number of esters is 3. The minimum Gasteiger partial charge on any atom is -1.00 e. The molecule has 2 aromatic carbocycles. The molecule has 31 nitrogen and oxygen atoms in total. The van der Waals surface area contributed by atoms with Gasteiger partial charge in [0, 0.05) is 5.56 Å². The van der Waals surface area contributed by atoms with Crippen molar-refractivity contribution in [3.05, 3.63) is 207 Å². The summed E-state index contributed by atoms with van der Waals surface area (Å²) >= 11 is 0. The molecule has 5 aromatic heterocycles. The Kier molecular flexibility index (Phi) is 53.8. The van der Waals surface area contributed by atoms with Crippen molar-refractivity contribution in [1.29, 1.82) is 0 Å². The van der Waals surface area contributed by atoms with Crippen LogP contribution in [0.15, 0.2) is 116 Å². The summed E-state index contributed by atoms with van der Waals surface area (Å²) < 4.78 is 98.0. The van der Waals surface area contributed by atoms with Crippen LogP contribution in [0.4, 0.5) is 31.5 Å². The molecule has 2 aliphatic rings. The summed E-state index contributed by atoms with van der Waals surface area (Å²) in [5, 5.41) is 61.4. The van der Waals surface area contributed by atoms with Crippen LogP contribution in [0.25, 0.3) is 0 Å². The van der Waals surface area contributed by atoms with Crippen molar-refractivity contribution in [2.24, 2.45) is 29.4 Å². The van der Waals surface area contributed by atoms with E-state index in [0.717, 1.165) is 54.2 Å². The number of hydrogen-bond acceptors (Lipinski definition) is 25. The third kappa shape index (κ3) is 42.3. The maximum Gasteiger partial charge on any atom is 1.00 e. The maximum absolute atomic E-state index is 12.9. The first-order valence-corrected chi connectivity index (χ1v) is 35.9. The number of carbonyl (C=O) groups excluding carboxylic acids is 6. The zero-order valence-electron chi connectivity index (χ0n) is 70.1. The summed E-state index contributed by atoms with van der Waals surface area (Å²) in [5.41, 5.74) is 10.6. The van der Waals surface area contributed by atoms with Gasteiger partial charge >= 0.3 is 81.1 Å². The number of carboxylic acids is 3. The fraction of sp³-hybridized carbons (Fsp3) is 0.410. The third-order valence-electron chi connectivity index (χ3n) is 15.7. The summed E-state index contributed by atoms with van der Waals surface area (Å²) in [6, 6.07) is 16.2. The van der Waals surface area contributed by atoms with E-state index in [9.17, 15) is 75.2 Å². The fourth-order valence-corrected chi connectivity index (χ4v) is 9.55. The number of aliphatic hydroxyl groups excluding tert-OH is 1. The molecule has 0 unspecified atom stereocenters. The van der Waals surface area contributed by atoms with E-state index in [0.29, 0.717) is 57.0 Å². The smallest absolute Gasteiger partial charge is 1.00 e. The monoisotopic (exact) mass is 1780 g/mol. The van der Waals surface area contributed by atoms with E-state index in [4.69, 9.17) is 59.2 Å². The van der Waals surface area contributed by atoms with Crippen molar-refractivity contribution in [1.82, 2.24) is 40.9 Å². The number of carbonyl (C=O) groups is 9. The summed E-state index contributed by atoms with van der Waals surface area (Å²) in [6.07, 6.45) is 3.71. The average molecular weight is 1780 g/mol. The van der Waals surface area contributed by atoms with Crippen LogP contribution in [0.5, 0.6) is 0 Å². The number of benzene rings is 2. The first kappa shape index (κ1) is 116. The van der Waals surface area contributed by atoms with Gasteiger partial charge in [-0.15, -0.1) is 37.2 Å². The minimum absolute atomic E-state index is 0. The zero-order chi connectivity index (χ0) is 87.6. The van der Waals surface area contributed by atoms with E-state index in [-0.39, 0.29) is 149 Å². The van der Waals surface area contributed by atoms with Gasteiger partial charge in [-0.05, 0) is 185 Å². The van der Waals surface area contributed by atoms with Crippen molar-refractivity contribution in [2.75, 3.05) is 0 Å². The fourth-order valence-electron chi connectivity index (χ4n) is 9.55. The van der Waals surface area contributed by atoms with Crippen molar-refractivity contribution in [3.8, 4) is 0 Å². The number of nitrogens with two attached hydrogens (primary N) is 1. The molecule has 4 atom stereocenters. The molecule has 0 radical (unpaired) electrons. The Hall–Kier alpha value is -9.44.